The summed E-state index contributed by atoms with van der Waals surface area (Å²) in [7, 11) is 1.60. The monoisotopic (exact) mass is 533 g/mol. The molecular formula is C21H36IN5O3. The van der Waals surface area contributed by atoms with E-state index in [0.717, 1.165) is 57.0 Å². The lowest BCUT2D eigenvalue weighted by atomic mass is 10.1. The van der Waals surface area contributed by atoms with Gasteiger partial charge in [0.15, 0.2) is 5.96 Å². The summed E-state index contributed by atoms with van der Waals surface area (Å²) in [5, 5.41) is 19.7. The lowest BCUT2D eigenvalue weighted by Gasteiger charge is -2.32. The second-order valence-electron chi connectivity index (χ2n) is 7.23. The number of phenolic OH excluding ortho intramolecular Hbond substituents is 1. The molecule has 4 N–H and O–H groups in total. The molecule has 1 aliphatic heterocycles. The van der Waals surface area contributed by atoms with Crippen LogP contribution in [-0.2, 0) is 11.3 Å². The Balaban J connectivity index is 0.00000450. The van der Waals surface area contributed by atoms with Gasteiger partial charge in [-0.05, 0) is 44.4 Å². The molecule has 9 heteroatoms. The van der Waals surface area contributed by atoms with Gasteiger partial charge in [-0.3, -0.25) is 9.69 Å². The van der Waals surface area contributed by atoms with Crippen LogP contribution in [0.4, 0.5) is 0 Å². The van der Waals surface area contributed by atoms with E-state index in [1.807, 2.05) is 6.92 Å². The van der Waals surface area contributed by atoms with Crippen LogP contribution in [0.25, 0.3) is 0 Å². The number of hydrogen-bond acceptors (Lipinski definition) is 5. The quantitative estimate of drug-likeness (QED) is 0.221. The molecule has 1 aromatic carbocycles. The van der Waals surface area contributed by atoms with Gasteiger partial charge < -0.3 is 25.8 Å². The first-order valence-electron chi connectivity index (χ1n) is 10.5. The van der Waals surface area contributed by atoms with Crippen molar-refractivity contribution in [3.63, 3.8) is 0 Å². The number of hydrogen-bond donors (Lipinski definition) is 4. The van der Waals surface area contributed by atoms with Gasteiger partial charge in [0.05, 0.1) is 20.2 Å². The average molecular weight is 533 g/mol. The number of carbonyl (C=O) groups is 1. The molecular weight excluding hydrogens is 497 g/mol. The van der Waals surface area contributed by atoms with Crippen LogP contribution in [-0.4, -0.2) is 67.7 Å². The summed E-state index contributed by atoms with van der Waals surface area (Å²) < 4.78 is 5.22. The molecule has 170 valence electrons. The van der Waals surface area contributed by atoms with Crippen molar-refractivity contribution < 1.29 is 14.6 Å². The molecule has 1 heterocycles. The van der Waals surface area contributed by atoms with Crippen molar-refractivity contribution in [2.75, 3.05) is 39.8 Å². The molecule has 8 nitrogen and oxygen atoms in total. The van der Waals surface area contributed by atoms with E-state index >= 15 is 0 Å². The van der Waals surface area contributed by atoms with Crippen LogP contribution in [0.5, 0.6) is 11.5 Å². The van der Waals surface area contributed by atoms with Crippen LogP contribution < -0.4 is 20.7 Å². The van der Waals surface area contributed by atoms with Crippen LogP contribution in [0.2, 0.25) is 0 Å². The second-order valence-corrected chi connectivity index (χ2v) is 7.23. The zero-order valence-corrected chi connectivity index (χ0v) is 20.6. The Bertz CT molecular complexity index is 679. The number of phenols is 1. The van der Waals surface area contributed by atoms with Gasteiger partial charge in [0.25, 0.3) is 0 Å². The van der Waals surface area contributed by atoms with E-state index in [-0.39, 0.29) is 35.6 Å². The lowest BCUT2D eigenvalue weighted by molar-refractivity contribution is -0.122. The van der Waals surface area contributed by atoms with Crippen LogP contribution in [0.1, 0.15) is 38.7 Å². The molecule has 0 saturated carbocycles. The number of piperidine rings is 1. The number of likely N-dealkylation sites (tertiary alicyclic amines) is 1. The zero-order valence-electron chi connectivity index (χ0n) is 18.2. The number of nitrogens with zero attached hydrogens (tertiary/aromatic N) is 2. The third kappa shape index (κ3) is 8.95. The van der Waals surface area contributed by atoms with Crippen molar-refractivity contribution in [3.05, 3.63) is 23.8 Å². The summed E-state index contributed by atoms with van der Waals surface area (Å²) >= 11 is 0. The highest BCUT2D eigenvalue weighted by Gasteiger charge is 2.21. The predicted molar refractivity (Wildman–Crippen MR) is 131 cm³/mol. The second kappa shape index (κ2) is 14.3. The van der Waals surface area contributed by atoms with Gasteiger partial charge in [-0.1, -0.05) is 6.92 Å². The fraction of sp³-hybridized carbons (Fsp3) is 0.619. The molecule has 30 heavy (non-hydrogen) atoms. The fourth-order valence-corrected chi connectivity index (χ4v) is 3.25. The largest absolute Gasteiger partial charge is 0.508 e. The number of ether oxygens (including phenoxy) is 1. The predicted octanol–water partition coefficient (Wildman–Crippen LogP) is 2.06. The number of aromatic hydroxyl groups is 1. The minimum Gasteiger partial charge on any atom is -0.508 e. The molecule has 0 spiro atoms. The summed E-state index contributed by atoms with van der Waals surface area (Å²) in [6.45, 7) is 8.16. The Morgan fingerprint density at radius 1 is 1.27 bits per heavy atom. The standard InChI is InChI=1S/C21H35N5O3.HI/c1-4-10-23-20(28)15-26-11-8-17(9-12-26)25-21(22-5-2)24-14-16-13-18(29-3)6-7-19(16)27;/h6-7,13,17,27H,4-5,8-12,14-15H2,1-3H3,(H,23,28)(H2,22,24,25);1H. The van der Waals surface area contributed by atoms with Crippen LogP contribution in [0, 0.1) is 0 Å². The van der Waals surface area contributed by atoms with Gasteiger partial charge in [0.2, 0.25) is 5.91 Å². The van der Waals surface area contributed by atoms with Gasteiger partial charge >= 0.3 is 0 Å². The van der Waals surface area contributed by atoms with Crippen molar-refractivity contribution in [1.82, 2.24) is 20.9 Å². The minimum absolute atomic E-state index is 0. The van der Waals surface area contributed by atoms with Crippen LogP contribution in [0.3, 0.4) is 0 Å². The van der Waals surface area contributed by atoms with E-state index in [2.05, 4.69) is 32.8 Å². The smallest absolute Gasteiger partial charge is 0.234 e. The zero-order chi connectivity index (χ0) is 21.1. The number of amides is 1. The van der Waals surface area contributed by atoms with Crippen LogP contribution in [0.15, 0.2) is 23.2 Å². The van der Waals surface area contributed by atoms with Gasteiger partial charge in [-0.2, -0.15) is 0 Å². The number of aliphatic imine (C=N–C) groups is 1. The maximum Gasteiger partial charge on any atom is 0.234 e. The van der Waals surface area contributed by atoms with E-state index < -0.39 is 0 Å². The summed E-state index contributed by atoms with van der Waals surface area (Å²) in [5.74, 6) is 1.74. The summed E-state index contributed by atoms with van der Waals surface area (Å²) in [6, 6.07) is 5.45. The van der Waals surface area contributed by atoms with Crippen LogP contribution >= 0.6 is 24.0 Å². The number of benzene rings is 1. The molecule has 2 rings (SSSR count). The molecule has 1 amide bonds. The molecule has 0 unspecified atom stereocenters. The SMILES string of the molecule is CCCNC(=O)CN1CCC(NC(=NCc2cc(OC)ccc2O)NCC)CC1.I. The highest BCUT2D eigenvalue weighted by atomic mass is 127. The Morgan fingerprint density at radius 2 is 2.00 bits per heavy atom. The van der Waals surface area contributed by atoms with E-state index in [9.17, 15) is 9.90 Å². The Labute approximate surface area is 196 Å². The number of rotatable bonds is 9. The molecule has 1 fully saturated rings. The number of guanidine groups is 1. The molecule has 0 aliphatic carbocycles. The fourth-order valence-electron chi connectivity index (χ4n) is 3.25. The Morgan fingerprint density at radius 3 is 2.63 bits per heavy atom. The minimum atomic E-state index is 0. The normalized spacial score (nSPS) is 15.2. The molecule has 0 bridgehead atoms. The van der Waals surface area contributed by atoms with E-state index in [1.54, 1.807) is 25.3 Å². The summed E-state index contributed by atoms with van der Waals surface area (Å²) in [5.41, 5.74) is 0.717. The number of carbonyl (C=O) groups excluding carboxylic acids is 1. The third-order valence-corrected chi connectivity index (χ3v) is 4.91. The van der Waals surface area contributed by atoms with Crippen molar-refractivity contribution >= 4 is 35.8 Å². The molecule has 1 aromatic rings. The first kappa shape index (κ1) is 26.3. The van der Waals surface area contributed by atoms with E-state index in [0.29, 0.717) is 24.9 Å². The number of nitrogens with one attached hydrogen (secondary N) is 3. The van der Waals surface area contributed by atoms with Crippen molar-refractivity contribution in [1.29, 1.82) is 0 Å². The number of methoxy groups -OCH3 is 1. The Hall–Kier alpha value is -1.75. The third-order valence-electron chi connectivity index (χ3n) is 4.91. The van der Waals surface area contributed by atoms with Crippen molar-refractivity contribution in [3.8, 4) is 11.5 Å². The molecule has 1 aliphatic rings. The van der Waals surface area contributed by atoms with E-state index in [4.69, 9.17) is 4.74 Å². The topological polar surface area (TPSA) is 98.2 Å². The van der Waals surface area contributed by atoms with Gasteiger partial charge in [-0.25, -0.2) is 4.99 Å². The molecule has 0 radical (unpaired) electrons. The number of halogens is 1. The Kier molecular flexibility index (Phi) is 12.5. The molecule has 1 saturated heterocycles. The highest BCUT2D eigenvalue weighted by molar-refractivity contribution is 14.0. The molecule has 0 atom stereocenters. The van der Waals surface area contributed by atoms with Crippen molar-refractivity contribution in [2.45, 2.75) is 45.7 Å². The maximum atomic E-state index is 11.9. The maximum absolute atomic E-state index is 11.9. The molecule has 0 aromatic heterocycles. The first-order chi connectivity index (χ1) is 14.0. The van der Waals surface area contributed by atoms with E-state index in [1.165, 1.54) is 0 Å². The van der Waals surface area contributed by atoms with Gasteiger partial charge in [0.1, 0.15) is 11.5 Å². The van der Waals surface area contributed by atoms with Gasteiger partial charge in [0, 0.05) is 37.8 Å². The summed E-state index contributed by atoms with van der Waals surface area (Å²) in [4.78, 5) is 18.7. The van der Waals surface area contributed by atoms with Gasteiger partial charge in [-0.15, -0.1) is 24.0 Å². The first-order valence-corrected chi connectivity index (χ1v) is 10.5. The summed E-state index contributed by atoms with van der Waals surface area (Å²) in [6.07, 6.45) is 2.86. The highest BCUT2D eigenvalue weighted by Crippen LogP contribution is 2.23. The average Bonchev–Trinajstić information content (AvgIpc) is 2.73. The lowest BCUT2D eigenvalue weighted by Crippen LogP contribution is -2.50. The van der Waals surface area contributed by atoms with Crippen molar-refractivity contribution in [2.24, 2.45) is 4.99 Å².